The molecule has 1 aromatic carbocycles. The van der Waals surface area contributed by atoms with Gasteiger partial charge in [0.05, 0.1) is 10.5 Å². The summed E-state index contributed by atoms with van der Waals surface area (Å²) in [4.78, 5) is 10.8. The first-order valence-corrected chi connectivity index (χ1v) is 7.20. The van der Waals surface area contributed by atoms with Gasteiger partial charge in [0.15, 0.2) is 0 Å². The fourth-order valence-electron chi connectivity index (χ4n) is 1.62. The summed E-state index contributed by atoms with van der Waals surface area (Å²) < 4.78 is 26.1. The maximum Gasteiger partial charge on any atom is 0.335 e. The molecule has 0 saturated carbocycles. The molecule has 0 aliphatic rings. The molecule has 0 unspecified atom stereocenters. The minimum atomic E-state index is -3.64. The molecule has 104 valence electrons. The molecular weight excluding hydrogens is 266 g/mol. The largest absolute Gasteiger partial charge is 0.478 e. The van der Waals surface area contributed by atoms with Crippen LogP contribution in [-0.2, 0) is 10.0 Å². The van der Waals surface area contributed by atoms with Crippen molar-refractivity contribution < 1.29 is 18.3 Å². The minimum Gasteiger partial charge on any atom is -0.478 e. The Morgan fingerprint density at radius 1 is 1.37 bits per heavy atom. The summed E-state index contributed by atoms with van der Waals surface area (Å²) in [5, 5.41) is 8.79. The molecule has 0 radical (unpaired) electrons. The van der Waals surface area contributed by atoms with Gasteiger partial charge in [-0.2, -0.15) is 4.31 Å². The van der Waals surface area contributed by atoms with Crippen LogP contribution in [0.3, 0.4) is 0 Å². The Labute approximate surface area is 113 Å². The lowest BCUT2D eigenvalue weighted by molar-refractivity contribution is 0.0696. The highest BCUT2D eigenvalue weighted by Gasteiger charge is 2.25. The van der Waals surface area contributed by atoms with Gasteiger partial charge in [-0.3, -0.25) is 0 Å². The van der Waals surface area contributed by atoms with E-state index in [0.29, 0.717) is 0 Å². The number of sulfonamides is 1. The average molecular weight is 283 g/mol. The van der Waals surface area contributed by atoms with E-state index in [1.165, 1.54) is 34.6 Å². The zero-order valence-corrected chi connectivity index (χ0v) is 11.7. The van der Waals surface area contributed by atoms with Gasteiger partial charge in [0.2, 0.25) is 10.0 Å². The van der Waals surface area contributed by atoms with E-state index in [-0.39, 0.29) is 23.0 Å². The van der Waals surface area contributed by atoms with Gasteiger partial charge in [-0.1, -0.05) is 6.08 Å². The Kier molecular flexibility index (Phi) is 4.85. The number of hydrogen-bond donors (Lipinski definition) is 1. The molecule has 0 bridgehead atoms. The van der Waals surface area contributed by atoms with Crippen LogP contribution in [0.25, 0.3) is 0 Å². The van der Waals surface area contributed by atoms with Gasteiger partial charge in [-0.25, -0.2) is 13.2 Å². The van der Waals surface area contributed by atoms with Gasteiger partial charge in [-0.05, 0) is 38.1 Å². The van der Waals surface area contributed by atoms with E-state index in [1.54, 1.807) is 13.8 Å². The number of nitrogens with zero attached hydrogens (tertiary/aromatic N) is 1. The third-order valence-corrected chi connectivity index (χ3v) is 4.65. The fraction of sp³-hybridized carbons (Fsp3) is 0.308. The molecule has 0 aromatic heterocycles. The van der Waals surface area contributed by atoms with Crippen molar-refractivity contribution in [1.82, 2.24) is 4.31 Å². The second-order valence-corrected chi connectivity index (χ2v) is 6.18. The van der Waals surface area contributed by atoms with Crippen LogP contribution in [0.2, 0.25) is 0 Å². The summed E-state index contributed by atoms with van der Waals surface area (Å²) >= 11 is 0. The molecule has 19 heavy (non-hydrogen) atoms. The van der Waals surface area contributed by atoms with Crippen molar-refractivity contribution in [3.8, 4) is 0 Å². The van der Waals surface area contributed by atoms with Gasteiger partial charge < -0.3 is 5.11 Å². The van der Waals surface area contributed by atoms with E-state index in [2.05, 4.69) is 6.58 Å². The van der Waals surface area contributed by atoms with Crippen LogP contribution in [0, 0.1) is 0 Å². The van der Waals surface area contributed by atoms with E-state index in [4.69, 9.17) is 5.11 Å². The summed E-state index contributed by atoms with van der Waals surface area (Å²) in [6, 6.07) is 4.96. The molecule has 0 atom stereocenters. The fourth-order valence-corrected chi connectivity index (χ4v) is 3.23. The van der Waals surface area contributed by atoms with Crippen molar-refractivity contribution in [3.63, 3.8) is 0 Å². The predicted molar refractivity (Wildman–Crippen MR) is 72.6 cm³/mol. The van der Waals surface area contributed by atoms with Crippen LogP contribution in [0.5, 0.6) is 0 Å². The lowest BCUT2D eigenvalue weighted by Gasteiger charge is -2.24. The first kappa shape index (κ1) is 15.4. The van der Waals surface area contributed by atoms with E-state index >= 15 is 0 Å². The predicted octanol–water partition coefficient (Wildman–Crippen LogP) is 1.97. The molecule has 6 heteroatoms. The molecule has 0 aliphatic carbocycles. The third-order valence-electron chi connectivity index (χ3n) is 2.59. The SMILES string of the molecule is C=CCN(C(C)C)S(=O)(=O)c1ccc(C(=O)O)cc1. The molecule has 0 saturated heterocycles. The van der Waals surface area contributed by atoms with Crippen LogP contribution < -0.4 is 0 Å². The van der Waals surface area contributed by atoms with Crippen molar-refractivity contribution in [1.29, 1.82) is 0 Å². The monoisotopic (exact) mass is 283 g/mol. The number of aromatic carboxylic acids is 1. The quantitative estimate of drug-likeness (QED) is 0.810. The van der Waals surface area contributed by atoms with E-state index in [0.717, 1.165) is 0 Å². The highest BCUT2D eigenvalue weighted by atomic mass is 32.2. The van der Waals surface area contributed by atoms with Crippen LogP contribution in [0.1, 0.15) is 24.2 Å². The van der Waals surface area contributed by atoms with Crippen molar-refractivity contribution in [3.05, 3.63) is 42.5 Å². The Bertz CT molecular complexity index is 561. The number of benzene rings is 1. The lowest BCUT2D eigenvalue weighted by atomic mass is 10.2. The normalized spacial score (nSPS) is 11.8. The van der Waals surface area contributed by atoms with Crippen molar-refractivity contribution in [2.45, 2.75) is 24.8 Å². The highest BCUT2D eigenvalue weighted by molar-refractivity contribution is 7.89. The van der Waals surface area contributed by atoms with Crippen molar-refractivity contribution in [2.24, 2.45) is 0 Å². The zero-order valence-electron chi connectivity index (χ0n) is 10.9. The summed E-state index contributed by atoms with van der Waals surface area (Å²) in [5.41, 5.74) is 0.0544. The molecule has 0 aliphatic heterocycles. The molecule has 0 amide bonds. The summed E-state index contributed by atoms with van der Waals surface area (Å²) in [6.45, 7) is 7.29. The summed E-state index contributed by atoms with van der Waals surface area (Å²) in [7, 11) is -3.64. The van der Waals surface area contributed by atoms with Crippen LogP contribution in [0.15, 0.2) is 41.8 Å². The summed E-state index contributed by atoms with van der Waals surface area (Å²) in [6.07, 6.45) is 1.52. The first-order valence-electron chi connectivity index (χ1n) is 5.76. The van der Waals surface area contributed by atoms with Gasteiger partial charge in [0.25, 0.3) is 0 Å². The topological polar surface area (TPSA) is 74.7 Å². The first-order chi connectivity index (χ1) is 8.80. The van der Waals surface area contributed by atoms with Crippen LogP contribution in [0.4, 0.5) is 0 Å². The molecule has 0 fully saturated rings. The third kappa shape index (κ3) is 3.42. The van der Waals surface area contributed by atoms with Gasteiger partial charge in [0.1, 0.15) is 0 Å². The molecule has 1 rings (SSSR count). The molecule has 5 nitrogen and oxygen atoms in total. The number of carboxylic acids is 1. The number of hydrogen-bond acceptors (Lipinski definition) is 3. The maximum atomic E-state index is 12.4. The average Bonchev–Trinajstić information content (AvgIpc) is 2.35. The van der Waals surface area contributed by atoms with Gasteiger partial charge in [0, 0.05) is 12.6 Å². The maximum absolute atomic E-state index is 12.4. The lowest BCUT2D eigenvalue weighted by Crippen LogP contribution is -2.37. The number of rotatable bonds is 6. The van der Waals surface area contributed by atoms with E-state index in [9.17, 15) is 13.2 Å². The smallest absolute Gasteiger partial charge is 0.335 e. The van der Waals surface area contributed by atoms with Gasteiger partial charge >= 0.3 is 5.97 Å². The molecule has 0 heterocycles. The Morgan fingerprint density at radius 2 is 1.89 bits per heavy atom. The standard InChI is InChI=1S/C13H17NO4S/c1-4-9-14(10(2)3)19(17,18)12-7-5-11(6-8-12)13(15)16/h4-8,10H,1,9H2,2-3H3,(H,15,16). The molecular formula is C13H17NO4S. The Balaban J connectivity index is 3.18. The zero-order chi connectivity index (χ0) is 14.6. The van der Waals surface area contributed by atoms with Gasteiger partial charge in [-0.15, -0.1) is 6.58 Å². The van der Waals surface area contributed by atoms with Crippen LogP contribution >= 0.6 is 0 Å². The Hall–Kier alpha value is -1.66. The second-order valence-electron chi connectivity index (χ2n) is 4.29. The van der Waals surface area contributed by atoms with E-state index in [1.807, 2.05) is 0 Å². The Morgan fingerprint density at radius 3 is 2.26 bits per heavy atom. The van der Waals surface area contributed by atoms with Crippen LogP contribution in [-0.4, -0.2) is 36.4 Å². The number of carboxylic acid groups (broad SMARTS) is 1. The van der Waals surface area contributed by atoms with E-state index < -0.39 is 16.0 Å². The second kappa shape index (κ2) is 5.99. The minimum absolute atomic E-state index is 0.0544. The molecule has 1 N–H and O–H groups in total. The summed E-state index contributed by atoms with van der Waals surface area (Å²) in [5.74, 6) is -1.09. The molecule has 1 aromatic rings. The number of carbonyl (C=O) groups is 1. The molecule has 0 spiro atoms. The van der Waals surface area contributed by atoms with Crippen molar-refractivity contribution in [2.75, 3.05) is 6.54 Å². The highest BCUT2D eigenvalue weighted by Crippen LogP contribution is 2.18. The van der Waals surface area contributed by atoms with Crippen molar-refractivity contribution >= 4 is 16.0 Å².